The highest BCUT2D eigenvalue weighted by Gasteiger charge is 2.34. The summed E-state index contributed by atoms with van der Waals surface area (Å²) in [5, 5.41) is 3.01. The second-order valence-corrected chi connectivity index (χ2v) is 7.49. The molecule has 154 valence electrons. The van der Waals surface area contributed by atoms with Gasteiger partial charge >= 0.3 is 0 Å². The molecule has 1 fully saturated rings. The lowest BCUT2D eigenvalue weighted by molar-refractivity contribution is -0.137. The predicted octanol–water partition coefficient (Wildman–Crippen LogP) is 3.95. The summed E-state index contributed by atoms with van der Waals surface area (Å²) in [4.78, 5) is 30.0. The van der Waals surface area contributed by atoms with Gasteiger partial charge in [0.2, 0.25) is 11.8 Å². The fraction of sp³-hybridized carbons (Fsp3) is 0.417. The van der Waals surface area contributed by atoms with Gasteiger partial charge in [-0.1, -0.05) is 48.5 Å². The zero-order valence-corrected chi connectivity index (χ0v) is 17.4. The second-order valence-electron chi connectivity index (χ2n) is 7.49. The average molecular weight is 394 g/mol. The number of likely N-dealkylation sites (tertiary alicyclic amines) is 1. The first-order valence-electron chi connectivity index (χ1n) is 10.6. The van der Waals surface area contributed by atoms with Crippen LogP contribution in [0.5, 0.6) is 0 Å². The summed E-state index contributed by atoms with van der Waals surface area (Å²) in [6.07, 6.45) is 1.51. The van der Waals surface area contributed by atoms with E-state index in [1.807, 2.05) is 79.4 Å². The maximum Gasteiger partial charge on any atom is 0.244 e. The number of hydrogen-bond donors (Lipinski definition) is 1. The van der Waals surface area contributed by atoms with Gasteiger partial charge in [0, 0.05) is 24.7 Å². The zero-order chi connectivity index (χ0) is 20.6. The number of para-hydroxylation sites is 1. The van der Waals surface area contributed by atoms with Crippen LogP contribution in [0.4, 0.5) is 5.69 Å². The highest BCUT2D eigenvalue weighted by molar-refractivity contribution is 5.92. The summed E-state index contributed by atoms with van der Waals surface area (Å²) >= 11 is 0. The Kier molecular flexibility index (Phi) is 7.42. The van der Waals surface area contributed by atoms with Crippen LogP contribution in [0.15, 0.2) is 60.7 Å². The number of carbonyl (C=O) groups excluding carboxylic acids is 2. The van der Waals surface area contributed by atoms with E-state index in [2.05, 4.69) is 10.2 Å². The highest BCUT2D eigenvalue weighted by atomic mass is 16.2. The van der Waals surface area contributed by atoms with Crippen molar-refractivity contribution in [1.29, 1.82) is 0 Å². The number of carbonyl (C=O) groups is 2. The normalized spacial score (nSPS) is 16.2. The molecule has 1 atom stereocenters. The molecule has 5 nitrogen and oxygen atoms in total. The molecule has 0 unspecified atom stereocenters. The van der Waals surface area contributed by atoms with E-state index in [1.54, 1.807) is 0 Å². The van der Waals surface area contributed by atoms with Crippen LogP contribution in [-0.4, -0.2) is 47.8 Å². The molecule has 1 aliphatic heterocycles. The zero-order valence-electron chi connectivity index (χ0n) is 17.4. The Hall–Kier alpha value is -2.66. The molecule has 0 saturated carbocycles. The Morgan fingerprint density at radius 1 is 0.966 bits per heavy atom. The van der Waals surface area contributed by atoms with Crippen LogP contribution < -0.4 is 5.32 Å². The van der Waals surface area contributed by atoms with Gasteiger partial charge in [-0.05, 0) is 57.5 Å². The maximum atomic E-state index is 13.3. The van der Waals surface area contributed by atoms with Crippen molar-refractivity contribution < 1.29 is 9.59 Å². The number of amides is 2. The summed E-state index contributed by atoms with van der Waals surface area (Å²) in [7, 11) is 0. The number of nitrogens with zero attached hydrogens (tertiary/aromatic N) is 2. The number of hydrogen-bond acceptors (Lipinski definition) is 3. The largest absolute Gasteiger partial charge is 0.342 e. The Labute approximate surface area is 173 Å². The van der Waals surface area contributed by atoms with E-state index < -0.39 is 0 Å². The smallest absolute Gasteiger partial charge is 0.244 e. The third-order valence-electron chi connectivity index (χ3n) is 5.73. The van der Waals surface area contributed by atoms with Crippen molar-refractivity contribution in [3.8, 4) is 0 Å². The van der Waals surface area contributed by atoms with E-state index in [0.717, 1.165) is 37.2 Å². The maximum absolute atomic E-state index is 13.3. The van der Waals surface area contributed by atoms with Gasteiger partial charge in [0.25, 0.3) is 0 Å². The lowest BCUT2D eigenvalue weighted by Gasteiger charge is -2.38. The van der Waals surface area contributed by atoms with Crippen LogP contribution in [0.1, 0.15) is 38.3 Å². The highest BCUT2D eigenvalue weighted by Crippen LogP contribution is 2.29. The monoisotopic (exact) mass is 393 g/mol. The first-order valence-corrected chi connectivity index (χ1v) is 10.6. The molecule has 0 bridgehead atoms. The van der Waals surface area contributed by atoms with E-state index in [9.17, 15) is 9.59 Å². The van der Waals surface area contributed by atoms with Crippen molar-refractivity contribution in [2.45, 2.75) is 32.7 Å². The van der Waals surface area contributed by atoms with Crippen LogP contribution >= 0.6 is 0 Å². The summed E-state index contributed by atoms with van der Waals surface area (Å²) in [6.45, 7) is 6.91. The van der Waals surface area contributed by atoms with Crippen molar-refractivity contribution in [1.82, 2.24) is 9.80 Å². The van der Waals surface area contributed by atoms with E-state index in [1.165, 1.54) is 0 Å². The Bertz CT molecular complexity index is 782. The van der Waals surface area contributed by atoms with Gasteiger partial charge in [-0.25, -0.2) is 0 Å². The number of benzene rings is 2. The Morgan fingerprint density at radius 2 is 1.52 bits per heavy atom. The topological polar surface area (TPSA) is 52.7 Å². The molecular weight excluding hydrogens is 362 g/mol. The lowest BCUT2D eigenvalue weighted by atomic mass is 9.93. The van der Waals surface area contributed by atoms with E-state index >= 15 is 0 Å². The molecule has 29 heavy (non-hydrogen) atoms. The first kappa shape index (κ1) is 21.1. The molecule has 1 aliphatic rings. The third-order valence-corrected chi connectivity index (χ3v) is 5.73. The minimum Gasteiger partial charge on any atom is -0.342 e. The number of piperidine rings is 1. The van der Waals surface area contributed by atoms with E-state index in [0.29, 0.717) is 13.1 Å². The minimum atomic E-state index is -0.283. The molecule has 0 spiro atoms. The summed E-state index contributed by atoms with van der Waals surface area (Å²) in [6, 6.07) is 19.3. The molecule has 2 amide bonds. The summed E-state index contributed by atoms with van der Waals surface area (Å²) in [5.74, 6) is 0.196. The molecule has 0 aliphatic carbocycles. The van der Waals surface area contributed by atoms with Crippen molar-refractivity contribution in [3.05, 3.63) is 66.2 Å². The SMILES string of the molecule is CCN(CC)C(=O)[C@H](c1ccccc1)N1CCC(C(=O)Nc2ccccc2)CC1. The van der Waals surface area contributed by atoms with Gasteiger partial charge in [0.1, 0.15) is 6.04 Å². The molecule has 1 N–H and O–H groups in total. The summed E-state index contributed by atoms with van der Waals surface area (Å²) < 4.78 is 0. The van der Waals surface area contributed by atoms with Crippen molar-refractivity contribution in [3.63, 3.8) is 0 Å². The quantitative estimate of drug-likeness (QED) is 0.775. The number of likely N-dealkylation sites (N-methyl/N-ethyl adjacent to an activating group) is 1. The molecule has 1 saturated heterocycles. The first-order chi connectivity index (χ1) is 14.1. The van der Waals surface area contributed by atoms with E-state index in [-0.39, 0.29) is 23.8 Å². The van der Waals surface area contributed by atoms with Gasteiger partial charge in [-0.15, -0.1) is 0 Å². The van der Waals surface area contributed by atoms with Crippen molar-refractivity contribution in [2.24, 2.45) is 5.92 Å². The van der Waals surface area contributed by atoms with Crippen LogP contribution in [0.2, 0.25) is 0 Å². The minimum absolute atomic E-state index is 0.0218. The van der Waals surface area contributed by atoms with Gasteiger partial charge in [0.05, 0.1) is 0 Å². The molecule has 3 rings (SSSR count). The lowest BCUT2D eigenvalue weighted by Crippen LogP contribution is -2.47. The van der Waals surface area contributed by atoms with Crippen LogP contribution in [0, 0.1) is 5.92 Å². The number of rotatable bonds is 7. The van der Waals surface area contributed by atoms with Gasteiger partial charge in [-0.2, -0.15) is 0 Å². The molecular formula is C24H31N3O2. The summed E-state index contributed by atoms with van der Waals surface area (Å²) in [5.41, 5.74) is 1.86. The fourth-order valence-corrected chi connectivity index (χ4v) is 4.04. The van der Waals surface area contributed by atoms with Crippen LogP contribution in [0.3, 0.4) is 0 Å². The van der Waals surface area contributed by atoms with Gasteiger partial charge in [-0.3, -0.25) is 14.5 Å². The van der Waals surface area contributed by atoms with Crippen LogP contribution in [0.25, 0.3) is 0 Å². The predicted molar refractivity (Wildman–Crippen MR) is 116 cm³/mol. The fourth-order valence-electron chi connectivity index (χ4n) is 4.04. The van der Waals surface area contributed by atoms with Crippen molar-refractivity contribution in [2.75, 3.05) is 31.5 Å². The van der Waals surface area contributed by atoms with Gasteiger partial charge < -0.3 is 10.2 Å². The molecule has 0 radical (unpaired) electrons. The second kappa shape index (κ2) is 10.2. The Balaban J connectivity index is 1.68. The molecule has 5 heteroatoms. The van der Waals surface area contributed by atoms with Crippen LogP contribution in [-0.2, 0) is 9.59 Å². The number of nitrogens with one attached hydrogen (secondary N) is 1. The Morgan fingerprint density at radius 3 is 2.07 bits per heavy atom. The van der Waals surface area contributed by atoms with Crippen molar-refractivity contribution >= 4 is 17.5 Å². The number of anilines is 1. The molecule has 2 aromatic carbocycles. The molecule has 0 aromatic heterocycles. The third kappa shape index (κ3) is 5.24. The van der Waals surface area contributed by atoms with E-state index in [4.69, 9.17) is 0 Å². The standard InChI is InChI=1S/C24H31N3O2/c1-3-26(4-2)24(29)22(19-11-7-5-8-12-19)27-17-15-20(16-18-27)23(28)25-21-13-9-6-10-14-21/h5-14,20,22H,3-4,15-18H2,1-2H3,(H,25,28)/t22-/m0/s1. The molecule has 2 aromatic rings. The average Bonchev–Trinajstić information content (AvgIpc) is 2.77. The van der Waals surface area contributed by atoms with Gasteiger partial charge in [0.15, 0.2) is 0 Å². The molecule has 1 heterocycles.